The van der Waals surface area contributed by atoms with Crippen LogP contribution < -0.4 is 5.73 Å². The summed E-state index contributed by atoms with van der Waals surface area (Å²) in [7, 11) is -4.38. The van der Waals surface area contributed by atoms with Gasteiger partial charge in [0.05, 0.1) is 16.6 Å². The molecule has 1 aromatic carbocycles. The van der Waals surface area contributed by atoms with E-state index in [9.17, 15) is 12.6 Å². The minimum absolute atomic E-state index is 0.0512. The Bertz CT molecular complexity index is 524. The molecule has 1 aromatic rings. The summed E-state index contributed by atoms with van der Waals surface area (Å²) in [4.78, 5) is 0.622. The van der Waals surface area contributed by atoms with Gasteiger partial charge in [-0.05, 0) is 24.6 Å². The Hall–Kier alpha value is -0.880. The first-order chi connectivity index (χ1) is 7.85. The number of hydrogen-bond acceptors (Lipinski definition) is 4. The van der Waals surface area contributed by atoms with E-state index in [1.165, 1.54) is 0 Å². The lowest BCUT2D eigenvalue weighted by Gasteiger charge is -2.07. The zero-order valence-corrected chi connectivity index (χ0v) is 11.6. The zero-order valence-electron chi connectivity index (χ0n) is 9.97. The van der Waals surface area contributed by atoms with Crippen molar-refractivity contribution in [3.05, 3.63) is 23.8 Å². The van der Waals surface area contributed by atoms with Crippen LogP contribution in [0.1, 0.15) is 12.5 Å². The summed E-state index contributed by atoms with van der Waals surface area (Å²) >= 11 is 0. The van der Waals surface area contributed by atoms with Gasteiger partial charge in [0.2, 0.25) is 0 Å². The van der Waals surface area contributed by atoms with Crippen molar-refractivity contribution in [2.75, 3.05) is 23.0 Å². The van der Waals surface area contributed by atoms with Crippen molar-refractivity contribution >= 4 is 26.3 Å². The molecule has 0 amide bonds. The Morgan fingerprint density at radius 2 is 2.00 bits per heavy atom. The average Bonchev–Trinajstić information content (AvgIpc) is 2.29. The normalized spacial score (nSPS) is 13.5. The smallest absolute Gasteiger partial charge is 0.150 e. The molecule has 0 aliphatic rings. The Labute approximate surface area is 105 Å². The van der Waals surface area contributed by atoms with E-state index in [0.717, 1.165) is 5.56 Å². The largest absolute Gasteiger partial charge is 0.399 e. The number of benzene rings is 1. The van der Waals surface area contributed by atoms with Crippen LogP contribution in [0.15, 0.2) is 23.1 Å². The van der Waals surface area contributed by atoms with E-state index in [0.29, 0.717) is 10.6 Å². The third-order valence-electron chi connectivity index (χ3n) is 2.48. The molecule has 0 aliphatic carbocycles. The fraction of sp³-hybridized carbons (Fsp3) is 0.455. The number of aryl methyl sites for hydroxylation is 1. The van der Waals surface area contributed by atoms with Crippen LogP contribution in [0.5, 0.6) is 0 Å². The zero-order chi connectivity index (χ0) is 13.1. The van der Waals surface area contributed by atoms with Gasteiger partial charge >= 0.3 is 0 Å². The third-order valence-corrected chi connectivity index (χ3v) is 5.95. The first-order valence-corrected chi connectivity index (χ1v) is 8.44. The monoisotopic (exact) mass is 275 g/mol. The molecule has 6 heteroatoms. The molecule has 0 saturated heterocycles. The second kappa shape index (κ2) is 5.64. The van der Waals surface area contributed by atoms with Gasteiger partial charge in [-0.2, -0.15) is 0 Å². The molecule has 0 bridgehead atoms. The third kappa shape index (κ3) is 4.12. The van der Waals surface area contributed by atoms with Crippen LogP contribution in [0, 0.1) is 6.92 Å². The lowest BCUT2D eigenvalue weighted by molar-refractivity contribution is 0.598. The Kier molecular flexibility index (Phi) is 4.70. The second-order valence-corrected chi connectivity index (χ2v) is 7.82. The lowest BCUT2D eigenvalue weighted by atomic mass is 10.2. The molecule has 1 unspecified atom stereocenters. The van der Waals surface area contributed by atoms with Gasteiger partial charge in [0.15, 0.2) is 9.84 Å². The quantitative estimate of drug-likeness (QED) is 0.817. The number of anilines is 1. The van der Waals surface area contributed by atoms with Crippen molar-refractivity contribution in [2.45, 2.75) is 18.7 Å². The van der Waals surface area contributed by atoms with Crippen LogP contribution in [0.25, 0.3) is 0 Å². The van der Waals surface area contributed by atoms with E-state index in [2.05, 4.69) is 0 Å². The van der Waals surface area contributed by atoms with E-state index in [-0.39, 0.29) is 17.3 Å². The van der Waals surface area contributed by atoms with Gasteiger partial charge in [-0.15, -0.1) is 0 Å². The topological polar surface area (TPSA) is 77.2 Å². The standard InChI is InChI=1S/C11H17NO3S2/c1-3-17(14,15)7-6-16(13)11-8-10(12)5-4-9(11)2/h4-5,8H,3,6-7,12H2,1-2H3. The average molecular weight is 275 g/mol. The Morgan fingerprint density at radius 1 is 1.35 bits per heavy atom. The van der Waals surface area contributed by atoms with Gasteiger partial charge in [-0.25, -0.2) is 8.42 Å². The van der Waals surface area contributed by atoms with Gasteiger partial charge in [0, 0.05) is 22.1 Å². The SMILES string of the molecule is CCS(=O)(=O)CCS(=O)c1cc(N)ccc1C. The summed E-state index contributed by atoms with van der Waals surface area (Å²) in [5.74, 6) is 0.158. The Balaban J connectivity index is 2.81. The molecular weight excluding hydrogens is 258 g/mol. The molecule has 0 saturated carbocycles. The van der Waals surface area contributed by atoms with E-state index in [1.54, 1.807) is 25.1 Å². The van der Waals surface area contributed by atoms with E-state index < -0.39 is 20.6 Å². The second-order valence-electron chi connectivity index (χ2n) is 3.81. The predicted octanol–water partition coefficient (Wildman–Crippen LogP) is 1.12. The predicted molar refractivity (Wildman–Crippen MR) is 71.2 cm³/mol. The van der Waals surface area contributed by atoms with Gasteiger partial charge < -0.3 is 5.73 Å². The molecule has 4 nitrogen and oxygen atoms in total. The number of rotatable bonds is 5. The molecule has 1 atom stereocenters. The molecule has 17 heavy (non-hydrogen) atoms. The van der Waals surface area contributed by atoms with Gasteiger partial charge in [0.1, 0.15) is 0 Å². The fourth-order valence-electron chi connectivity index (χ4n) is 1.32. The van der Waals surface area contributed by atoms with Crippen molar-refractivity contribution in [2.24, 2.45) is 0 Å². The molecule has 0 spiro atoms. The molecule has 0 aliphatic heterocycles. The number of sulfone groups is 1. The maximum absolute atomic E-state index is 12.0. The van der Waals surface area contributed by atoms with Crippen molar-refractivity contribution < 1.29 is 12.6 Å². The van der Waals surface area contributed by atoms with Crippen LogP contribution in [0.3, 0.4) is 0 Å². The molecule has 1 rings (SSSR count). The molecule has 0 heterocycles. The number of nitrogens with two attached hydrogens (primary N) is 1. The summed E-state index contributed by atoms with van der Waals surface area (Å²) in [5, 5.41) is 0. The van der Waals surface area contributed by atoms with Crippen molar-refractivity contribution in [3.63, 3.8) is 0 Å². The van der Waals surface area contributed by atoms with Crippen LogP contribution >= 0.6 is 0 Å². The minimum Gasteiger partial charge on any atom is -0.399 e. The maximum atomic E-state index is 12.0. The highest BCUT2D eigenvalue weighted by molar-refractivity contribution is 7.93. The first kappa shape index (κ1) is 14.2. The minimum atomic E-state index is -3.07. The van der Waals surface area contributed by atoms with E-state index in [1.807, 2.05) is 6.92 Å². The maximum Gasteiger partial charge on any atom is 0.150 e. The highest BCUT2D eigenvalue weighted by Gasteiger charge is 2.13. The molecule has 0 aromatic heterocycles. The summed E-state index contributed by atoms with van der Waals surface area (Å²) in [6.45, 7) is 3.42. The van der Waals surface area contributed by atoms with Gasteiger partial charge in [-0.1, -0.05) is 13.0 Å². The number of hydrogen-bond donors (Lipinski definition) is 1. The summed E-state index contributed by atoms with van der Waals surface area (Å²) < 4.78 is 34.6. The van der Waals surface area contributed by atoms with E-state index in [4.69, 9.17) is 5.73 Å². The van der Waals surface area contributed by atoms with Crippen LogP contribution in [-0.4, -0.2) is 29.9 Å². The van der Waals surface area contributed by atoms with Crippen LogP contribution in [0.2, 0.25) is 0 Å². The van der Waals surface area contributed by atoms with Crippen molar-refractivity contribution in [3.8, 4) is 0 Å². The molecule has 0 radical (unpaired) electrons. The van der Waals surface area contributed by atoms with Crippen LogP contribution in [-0.2, 0) is 20.6 Å². The highest BCUT2D eigenvalue weighted by atomic mass is 32.2. The van der Waals surface area contributed by atoms with Crippen molar-refractivity contribution in [1.82, 2.24) is 0 Å². The molecule has 2 N–H and O–H groups in total. The van der Waals surface area contributed by atoms with E-state index >= 15 is 0 Å². The Morgan fingerprint density at radius 3 is 2.59 bits per heavy atom. The highest BCUT2D eigenvalue weighted by Crippen LogP contribution is 2.17. The molecule has 96 valence electrons. The molecular formula is C11H17NO3S2. The van der Waals surface area contributed by atoms with Crippen LogP contribution in [0.4, 0.5) is 5.69 Å². The van der Waals surface area contributed by atoms with Gasteiger partial charge in [-0.3, -0.25) is 4.21 Å². The summed E-state index contributed by atoms with van der Waals surface area (Å²) in [5.41, 5.74) is 7.03. The van der Waals surface area contributed by atoms with Crippen molar-refractivity contribution in [1.29, 1.82) is 0 Å². The van der Waals surface area contributed by atoms with Gasteiger partial charge in [0.25, 0.3) is 0 Å². The lowest BCUT2D eigenvalue weighted by Crippen LogP contribution is -2.15. The molecule has 0 fully saturated rings. The summed E-state index contributed by atoms with van der Waals surface area (Å²) in [6, 6.07) is 5.17. The first-order valence-electron chi connectivity index (χ1n) is 5.30. The summed E-state index contributed by atoms with van der Waals surface area (Å²) in [6.07, 6.45) is 0. The fourth-order valence-corrected chi connectivity index (χ4v) is 4.14. The number of nitrogen functional groups attached to an aromatic ring is 1.